The van der Waals surface area contributed by atoms with E-state index in [1.807, 2.05) is 7.05 Å². The van der Waals surface area contributed by atoms with Gasteiger partial charge in [-0.05, 0) is 38.6 Å². The third kappa shape index (κ3) is 4.40. The fraction of sp³-hybridized carbons (Fsp3) is 1.00. The van der Waals surface area contributed by atoms with Gasteiger partial charge in [0.1, 0.15) is 0 Å². The van der Waals surface area contributed by atoms with Gasteiger partial charge in [0.2, 0.25) is 0 Å². The Hall–Kier alpha value is -0.120. The lowest BCUT2D eigenvalue weighted by atomic mass is 9.89. The first-order valence-electron chi connectivity index (χ1n) is 5.66. The average Bonchev–Trinajstić information content (AvgIpc) is 2.17. The van der Waals surface area contributed by atoms with Gasteiger partial charge in [0.25, 0.3) is 0 Å². The van der Waals surface area contributed by atoms with E-state index in [2.05, 4.69) is 12.2 Å². The van der Waals surface area contributed by atoms with Crippen LogP contribution in [0.25, 0.3) is 0 Å². The molecule has 0 aromatic heterocycles. The lowest BCUT2D eigenvalue weighted by Crippen LogP contribution is -2.31. The summed E-state index contributed by atoms with van der Waals surface area (Å²) in [6, 6.07) is 0. The second-order valence-electron chi connectivity index (χ2n) is 4.43. The molecule has 0 aliphatic heterocycles. The van der Waals surface area contributed by atoms with Gasteiger partial charge in [-0.2, -0.15) is 0 Å². The number of likely N-dealkylation sites (N-methyl/N-ethyl adjacent to an activating group) is 1. The van der Waals surface area contributed by atoms with Crippen LogP contribution in [0.5, 0.6) is 0 Å². The summed E-state index contributed by atoms with van der Waals surface area (Å²) in [5, 5.41) is 12.4. The molecule has 3 nitrogen and oxygen atoms in total. The van der Waals surface area contributed by atoms with Crippen molar-refractivity contribution in [3.63, 3.8) is 0 Å². The van der Waals surface area contributed by atoms with E-state index < -0.39 is 0 Å². The van der Waals surface area contributed by atoms with E-state index >= 15 is 0 Å². The third-order valence-corrected chi connectivity index (χ3v) is 2.93. The minimum Gasteiger partial charge on any atom is -0.389 e. The summed E-state index contributed by atoms with van der Waals surface area (Å²) < 4.78 is 5.66. The Morgan fingerprint density at radius 3 is 2.57 bits per heavy atom. The SMILES string of the molecule is CNCC(O)COC1CCC(C)CC1. The first kappa shape index (κ1) is 12.0. The smallest absolute Gasteiger partial charge is 0.0897 e. The van der Waals surface area contributed by atoms with Crippen LogP contribution in [0.1, 0.15) is 32.6 Å². The minimum absolute atomic E-state index is 0.362. The summed E-state index contributed by atoms with van der Waals surface area (Å²) in [5.74, 6) is 0.858. The lowest BCUT2D eigenvalue weighted by molar-refractivity contribution is -0.0273. The Labute approximate surface area is 86.8 Å². The molecule has 0 bridgehead atoms. The molecule has 14 heavy (non-hydrogen) atoms. The predicted molar refractivity (Wildman–Crippen MR) is 57.3 cm³/mol. The molecular formula is C11H23NO2. The molecule has 0 aromatic carbocycles. The monoisotopic (exact) mass is 201 g/mol. The molecule has 1 atom stereocenters. The Morgan fingerprint density at radius 1 is 1.36 bits per heavy atom. The van der Waals surface area contributed by atoms with Gasteiger partial charge in [0.05, 0.1) is 18.8 Å². The van der Waals surface area contributed by atoms with Gasteiger partial charge in [-0.15, -0.1) is 0 Å². The lowest BCUT2D eigenvalue weighted by Gasteiger charge is -2.27. The second kappa shape index (κ2) is 6.38. The predicted octanol–water partition coefficient (Wildman–Crippen LogP) is 1.16. The van der Waals surface area contributed by atoms with E-state index in [1.165, 1.54) is 12.8 Å². The van der Waals surface area contributed by atoms with E-state index in [0.29, 0.717) is 19.3 Å². The highest BCUT2D eigenvalue weighted by molar-refractivity contribution is 4.70. The number of aliphatic hydroxyl groups excluding tert-OH is 1. The highest BCUT2D eigenvalue weighted by Gasteiger charge is 2.19. The van der Waals surface area contributed by atoms with Crippen LogP contribution >= 0.6 is 0 Å². The van der Waals surface area contributed by atoms with Crippen molar-refractivity contribution < 1.29 is 9.84 Å². The highest BCUT2D eigenvalue weighted by atomic mass is 16.5. The van der Waals surface area contributed by atoms with E-state index in [9.17, 15) is 5.11 Å². The van der Waals surface area contributed by atoms with Crippen molar-refractivity contribution in [1.29, 1.82) is 0 Å². The van der Waals surface area contributed by atoms with Gasteiger partial charge >= 0.3 is 0 Å². The molecule has 0 aromatic rings. The van der Waals surface area contributed by atoms with Crippen LogP contribution in [0, 0.1) is 5.92 Å². The largest absolute Gasteiger partial charge is 0.389 e. The molecule has 3 heteroatoms. The zero-order valence-electron chi connectivity index (χ0n) is 9.33. The maximum Gasteiger partial charge on any atom is 0.0897 e. The number of aliphatic hydroxyl groups is 1. The molecule has 0 radical (unpaired) electrons. The summed E-state index contributed by atoms with van der Waals surface area (Å²) in [7, 11) is 1.84. The zero-order valence-corrected chi connectivity index (χ0v) is 9.33. The van der Waals surface area contributed by atoms with Crippen LogP contribution < -0.4 is 5.32 Å². The van der Waals surface area contributed by atoms with Gasteiger partial charge in [0.15, 0.2) is 0 Å². The summed E-state index contributed by atoms with van der Waals surface area (Å²) in [4.78, 5) is 0. The average molecular weight is 201 g/mol. The number of hydrogen-bond acceptors (Lipinski definition) is 3. The van der Waals surface area contributed by atoms with Gasteiger partial charge in [0, 0.05) is 6.54 Å². The van der Waals surface area contributed by atoms with Crippen LogP contribution in [0.2, 0.25) is 0 Å². The first-order valence-corrected chi connectivity index (χ1v) is 5.66. The first-order chi connectivity index (χ1) is 6.72. The standard InChI is InChI=1S/C11H23NO2/c1-9-3-5-11(6-4-9)14-8-10(13)7-12-2/h9-13H,3-8H2,1-2H3. The van der Waals surface area contributed by atoms with Gasteiger partial charge in [-0.1, -0.05) is 6.92 Å². The quantitative estimate of drug-likeness (QED) is 0.701. The van der Waals surface area contributed by atoms with Crippen molar-refractivity contribution in [1.82, 2.24) is 5.32 Å². The van der Waals surface area contributed by atoms with Crippen molar-refractivity contribution in [2.75, 3.05) is 20.2 Å². The Morgan fingerprint density at radius 2 is 2.00 bits per heavy atom. The van der Waals surface area contributed by atoms with Crippen LogP contribution in [0.15, 0.2) is 0 Å². The molecule has 1 aliphatic rings. The molecule has 1 rings (SSSR count). The number of nitrogens with one attached hydrogen (secondary N) is 1. The van der Waals surface area contributed by atoms with Gasteiger partial charge < -0.3 is 15.2 Å². The molecule has 1 saturated carbocycles. The Balaban J connectivity index is 2.06. The summed E-state index contributed by atoms with van der Waals surface area (Å²) in [6.07, 6.45) is 4.89. The highest BCUT2D eigenvalue weighted by Crippen LogP contribution is 2.25. The van der Waals surface area contributed by atoms with Crippen molar-refractivity contribution in [3.05, 3.63) is 0 Å². The molecule has 1 aliphatic carbocycles. The third-order valence-electron chi connectivity index (χ3n) is 2.93. The van der Waals surface area contributed by atoms with Crippen molar-refractivity contribution in [2.45, 2.75) is 44.8 Å². The molecule has 0 spiro atoms. The van der Waals surface area contributed by atoms with Crippen molar-refractivity contribution in [2.24, 2.45) is 5.92 Å². The number of hydrogen-bond donors (Lipinski definition) is 2. The summed E-state index contributed by atoms with van der Waals surface area (Å²) in [6.45, 7) is 3.38. The van der Waals surface area contributed by atoms with Crippen LogP contribution in [0.4, 0.5) is 0 Å². The number of rotatable bonds is 5. The normalized spacial score (nSPS) is 30.2. The Kier molecular flexibility index (Phi) is 5.45. The molecule has 84 valence electrons. The topological polar surface area (TPSA) is 41.5 Å². The molecular weight excluding hydrogens is 178 g/mol. The molecule has 0 saturated heterocycles. The molecule has 0 heterocycles. The van der Waals surface area contributed by atoms with Crippen LogP contribution in [-0.2, 0) is 4.74 Å². The maximum absolute atomic E-state index is 9.44. The fourth-order valence-corrected chi connectivity index (χ4v) is 1.94. The fourth-order valence-electron chi connectivity index (χ4n) is 1.94. The Bertz CT molecular complexity index is 144. The minimum atomic E-state index is -0.362. The molecule has 0 amide bonds. The summed E-state index contributed by atoms with van der Waals surface area (Å²) in [5.41, 5.74) is 0. The number of ether oxygens (including phenoxy) is 1. The van der Waals surface area contributed by atoms with Gasteiger partial charge in [-0.3, -0.25) is 0 Å². The van der Waals surface area contributed by atoms with Crippen molar-refractivity contribution >= 4 is 0 Å². The van der Waals surface area contributed by atoms with Crippen molar-refractivity contribution in [3.8, 4) is 0 Å². The van der Waals surface area contributed by atoms with Crippen LogP contribution in [0.3, 0.4) is 0 Å². The van der Waals surface area contributed by atoms with E-state index in [1.54, 1.807) is 0 Å². The molecule has 1 unspecified atom stereocenters. The van der Waals surface area contributed by atoms with E-state index in [-0.39, 0.29) is 6.10 Å². The summed E-state index contributed by atoms with van der Waals surface area (Å²) >= 11 is 0. The van der Waals surface area contributed by atoms with Crippen LogP contribution in [-0.4, -0.2) is 37.5 Å². The van der Waals surface area contributed by atoms with Gasteiger partial charge in [-0.25, -0.2) is 0 Å². The van der Waals surface area contributed by atoms with E-state index in [4.69, 9.17) is 4.74 Å². The maximum atomic E-state index is 9.44. The zero-order chi connectivity index (χ0) is 10.4. The van der Waals surface area contributed by atoms with E-state index in [0.717, 1.165) is 18.8 Å². The molecule has 1 fully saturated rings. The second-order valence-corrected chi connectivity index (χ2v) is 4.43. The molecule has 2 N–H and O–H groups in total.